The van der Waals surface area contributed by atoms with Crippen LogP contribution in [0.5, 0.6) is 11.5 Å². The number of amides is 1. The van der Waals surface area contributed by atoms with Crippen LogP contribution in [0.15, 0.2) is 66.7 Å². The van der Waals surface area contributed by atoms with Crippen LogP contribution in [0.3, 0.4) is 0 Å². The monoisotopic (exact) mass is 441 g/mol. The van der Waals surface area contributed by atoms with Gasteiger partial charge in [0.1, 0.15) is 16.9 Å². The van der Waals surface area contributed by atoms with E-state index in [2.05, 4.69) is 10.1 Å². The van der Waals surface area contributed by atoms with Crippen LogP contribution in [-0.2, 0) is 15.6 Å². The highest BCUT2D eigenvalue weighted by molar-refractivity contribution is 6.12. The molecule has 1 heterocycles. The lowest BCUT2D eigenvalue weighted by molar-refractivity contribution is -0.274. The molecule has 1 amide bonds. The van der Waals surface area contributed by atoms with E-state index in [1.165, 1.54) is 18.2 Å². The molecule has 3 aromatic rings. The van der Waals surface area contributed by atoms with Crippen molar-refractivity contribution in [3.63, 3.8) is 0 Å². The van der Waals surface area contributed by atoms with Crippen LogP contribution in [0, 0.1) is 0 Å². The number of anilines is 1. The van der Waals surface area contributed by atoms with Crippen molar-refractivity contribution < 1.29 is 27.8 Å². The lowest BCUT2D eigenvalue weighted by Gasteiger charge is -2.31. The Morgan fingerprint density at radius 2 is 1.59 bits per heavy atom. The van der Waals surface area contributed by atoms with Crippen molar-refractivity contribution in [2.75, 3.05) is 5.32 Å². The SMILES string of the molecule is CC(C)(C)c1ccc(O)c(C2(c3ccccc3)C(=O)Nc3ccc(OC(F)(F)F)cc32)c1. The number of nitrogens with one attached hydrogen (secondary N) is 1. The Hall–Kier alpha value is -3.48. The fraction of sp³-hybridized carbons (Fsp3) is 0.240. The molecule has 0 saturated heterocycles. The van der Waals surface area contributed by atoms with E-state index in [0.717, 1.165) is 11.6 Å². The fourth-order valence-corrected chi connectivity index (χ4v) is 4.18. The first kappa shape index (κ1) is 21.7. The van der Waals surface area contributed by atoms with E-state index >= 15 is 0 Å². The highest BCUT2D eigenvalue weighted by Crippen LogP contribution is 2.51. The molecule has 1 aliphatic rings. The molecule has 4 rings (SSSR count). The second-order valence-electron chi connectivity index (χ2n) is 8.81. The third kappa shape index (κ3) is 3.57. The molecule has 166 valence electrons. The minimum Gasteiger partial charge on any atom is -0.508 e. The van der Waals surface area contributed by atoms with Crippen molar-refractivity contribution in [3.05, 3.63) is 89.0 Å². The van der Waals surface area contributed by atoms with Crippen LogP contribution in [0.2, 0.25) is 0 Å². The molecule has 0 saturated carbocycles. The summed E-state index contributed by atoms with van der Waals surface area (Å²) >= 11 is 0. The molecule has 32 heavy (non-hydrogen) atoms. The van der Waals surface area contributed by atoms with Crippen LogP contribution >= 0.6 is 0 Å². The van der Waals surface area contributed by atoms with E-state index in [1.807, 2.05) is 20.8 Å². The Morgan fingerprint density at radius 3 is 2.22 bits per heavy atom. The standard InChI is InChI=1S/C25H22F3NO3/c1-23(2,3)16-9-12-21(30)19(13-16)24(15-7-5-4-6-8-15)18-14-17(32-25(26,27)28)10-11-20(18)29-22(24)31/h4-14,30H,1-3H3,(H,29,31). The van der Waals surface area contributed by atoms with Crippen molar-refractivity contribution in [1.29, 1.82) is 0 Å². The number of alkyl halides is 3. The highest BCUT2D eigenvalue weighted by atomic mass is 19.4. The molecule has 0 aromatic heterocycles. The fourth-order valence-electron chi connectivity index (χ4n) is 4.18. The van der Waals surface area contributed by atoms with Crippen LogP contribution in [0.25, 0.3) is 0 Å². The van der Waals surface area contributed by atoms with Gasteiger partial charge < -0.3 is 15.2 Å². The zero-order valence-electron chi connectivity index (χ0n) is 17.7. The minimum absolute atomic E-state index is 0.132. The summed E-state index contributed by atoms with van der Waals surface area (Å²) in [6.45, 7) is 5.99. The van der Waals surface area contributed by atoms with E-state index < -0.39 is 23.4 Å². The molecule has 1 unspecified atom stereocenters. The summed E-state index contributed by atoms with van der Waals surface area (Å²) in [6.07, 6.45) is -4.88. The van der Waals surface area contributed by atoms with Gasteiger partial charge >= 0.3 is 6.36 Å². The lowest BCUT2D eigenvalue weighted by Crippen LogP contribution is -2.37. The number of carbonyl (C=O) groups is 1. The Morgan fingerprint density at radius 1 is 0.906 bits per heavy atom. The molecule has 0 bridgehead atoms. The maximum absolute atomic E-state index is 13.6. The summed E-state index contributed by atoms with van der Waals surface area (Å²) in [5.41, 5.74) is 0.445. The molecule has 0 spiro atoms. The number of phenols is 1. The number of rotatable bonds is 3. The van der Waals surface area contributed by atoms with E-state index in [1.54, 1.807) is 42.5 Å². The third-order valence-corrected chi connectivity index (χ3v) is 5.69. The second-order valence-corrected chi connectivity index (χ2v) is 8.81. The predicted molar refractivity (Wildman–Crippen MR) is 115 cm³/mol. The normalized spacial score (nSPS) is 18.2. The number of phenolic OH excluding ortho intramolecular Hbond substituents is 1. The lowest BCUT2D eigenvalue weighted by atomic mass is 9.68. The molecular weight excluding hydrogens is 419 g/mol. The Bertz CT molecular complexity index is 1180. The first-order valence-corrected chi connectivity index (χ1v) is 10.0. The highest BCUT2D eigenvalue weighted by Gasteiger charge is 2.51. The van der Waals surface area contributed by atoms with Crippen LogP contribution in [0.4, 0.5) is 18.9 Å². The summed E-state index contributed by atoms with van der Waals surface area (Å²) in [6, 6.07) is 17.5. The van der Waals surface area contributed by atoms with Crippen molar-refractivity contribution in [2.45, 2.75) is 38.0 Å². The van der Waals surface area contributed by atoms with Gasteiger partial charge in [0, 0.05) is 16.8 Å². The third-order valence-electron chi connectivity index (χ3n) is 5.69. The van der Waals surface area contributed by atoms with Crippen LogP contribution < -0.4 is 10.1 Å². The number of benzene rings is 3. The molecular formula is C25H22F3NO3. The van der Waals surface area contributed by atoms with Crippen molar-refractivity contribution in [3.8, 4) is 11.5 Å². The average Bonchev–Trinajstić information content (AvgIpc) is 2.99. The summed E-state index contributed by atoms with van der Waals surface area (Å²) in [5.74, 6) is -1.05. The first-order valence-electron chi connectivity index (χ1n) is 10.0. The Balaban J connectivity index is 2.06. The van der Waals surface area contributed by atoms with Crippen molar-refractivity contribution in [1.82, 2.24) is 0 Å². The molecule has 4 nitrogen and oxygen atoms in total. The first-order chi connectivity index (χ1) is 14.9. The van der Waals surface area contributed by atoms with Gasteiger partial charge in [-0.3, -0.25) is 4.79 Å². The number of fused-ring (bicyclic) bond motifs is 1. The summed E-state index contributed by atoms with van der Waals surface area (Å²) in [5, 5.41) is 13.7. The van der Waals surface area contributed by atoms with Crippen molar-refractivity contribution in [2.24, 2.45) is 0 Å². The topological polar surface area (TPSA) is 58.6 Å². The molecule has 2 N–H and O–H groups in total. The molecule has 7 heteroatoms. The molecule has 1 aliphatic heterocycles. The largest absolute Gasteiger partial charge is 0.573 e. The van der Waals surface area contributed by atoms with Gasteiger partial charge in [0.25, 0.3) is 0 Å². The van der Waals surface area contributed by atoms with Gasteiger partial charge in [-0.2, -0.15) is 0 Å². The number of ether oxygens (including phenoxy) is 1. The number of carbonyl (C=O) groups excluding carboxylic acids is 1. The Kier molecular flexibility index (Phi) is 4.95. The van der Waals surface area contributed by atoms with E-state index in [9.17, 15) is 23.1 Å². The zero-order valence-corrected chi connectivity index (χ0v) is 17.7. The minimum atomic E-state index is -4.88. The number of hydrogen-bond acceptors (Lipinski definition) is 3. The summed E-state index contributed by atoms with van der Waals surface area (Å²) in [7, 11) is 0. The molecule has 0 fully saturated rings. The molecule has 1 atom stereocenters. The summed E-state index contributed by atoms with van der Waals surface area (Å²) in [4.78, 5) is 13.6. The van der Waals surface area contributed by atoms with Gasteiger partial charge in [-0.1, -0.05) is 57.2 Å². The molecule has 0 radical (unpaired) electrons. The number of aromatic hydroxyl groups is 1. The number of halogens is 3. The maximum atomic E-state index is 13.6. The van der Waals surface area contributed by atoms with Gasteiger partial charge in [-0.25, -0.2) is 0 Å². The van der Waals surface area contributed by atoms with Gasteiger partial charge in [-0.15, -0.1) is 13.2 Å². The number of hydrogen-bond donors (Lipinski definition) is 2. The van der Waals surface area contributed by atoms with E-state index in [-0.39, 0.29) is 22.3 Å². The second kappa shape index (κ2) is 7.29. The van der Waals surface area contributed by atoms with E-state index in [4.69, 9.17) is 0 Å². The van der Waals surface area contributed by atoms with Gasteiger partial charge in [-0.05, 0) is 46.9 Å². The zero-order chi connectivity index (χ0) is 23.3. The quantitative estimate of drug-likeness (QED) is 0.534. The Labute approximate surface area is 183 Å². The van der Waals surface area contributed by atoms with Crippen LogP contribution in [0.1, 0.15) is 43.0 Å². The van der Waals surface area contributed by atoms with Gasteiger partial charge in [0.2, 0.25) is 5.91 Å². The average molecular weight is 441 g/mol. The maximum Gasteiger partial charge on any atom is 0.573 e. The van der Waals surface area contributed by atoms with E-state index in [0.29, 0.717) is 11.3 Å². The van der Waals surface area contributed by atoms with Crippen molar-refractivity contribution >= 4 is 11.6 Å². The molecule has 0 aliphatic carbocycles. The van der Waals surface area contributed by atoms with Gasteiger partial charge in [0.05, 0.1) is 0 Å². The molecule has 3 aromatic carbocycles. The summed E-state index contributed by atoms with van der Waals surface area (Å²) < 4.78 is 42.9. The predicted octanol–water partition coefficient (Wildman–Crippen LogP) is 5.87. The van der Waals surface area contributed by atoms with Gasteiger partial charge in [0.15, 0.2) is 0 Å². The van der Waals surface area contributed by atoms with Crippen LogP contribution in [-0.4, -0.2) is 17.4 Å². The smallest absolute Gasteiger partial charge is 0.508 e.